The number of nitrogens with zero attached hydrogens (tertiary/aromatic N) is 2. The number of azo groups is 1. The number of hydrogen-bond donors (Lipinski definition) is 0. The quantitative estimate of drug-likeness (QED) is 0.755. The maximum Gasteiger partial charge on any atom is 0.415 e. The van der Waals surface area contributed by atoms with Gasteiger partial charge in [0.05, 0.1) is 0 Å². The second-order valence-corrected chi connectivity index (χ2v) is 4.81. The van der Waals surface area contributed by atoms with Crippen LogP contribution in [-0.4, -0.2) is 20.3 Å². The van der Waals surface area contributed by atoms with Crippen molar-refractivity contribution in [3.63, 3.8) is 0 Å². The molecule has 0 bridgehead atoms. The molecule has 5 nitrogen and oxygen atoms in total. The molecule has 3 rings (SSSR count). The minimum Gasteiger partial charge on any atom is -0.310 e. The zero-order valence-electron chi connectivity index (χ0n) is 11.0. The SMILES string of the molecule is COC1(OC)N=NC2(Cc3cc(C)cc(C)c32)O1. The minimum atomic E-state index is -1.39. The van der Waals surface area contributed by atoms with Gasteiger partial charge in [0.2, 0.25) is 5.72 Å². The molecule has 96 valence electrons. The van der Waals surface area contributed by atoms with E-state index < -0.39 is 11.8 Å². The molecule has 5 heteroatoms. The zero-order valence-corrected chi connectivity index (χ0v) is 11.0. The summed E-state index contributed by atoms with van der Waals surface area (Å²) in [5.74, 6) is 0. The van der Waals surface area contributed by atoms with E-state index in [1.54, 1.807) is 0 Å². The molecule has 0 aromatic heterocycles. The van der Waals surface area contributed by atoms with Crippen LogP contribution in [0, 0.1) is 13.8 Å². The van der Waals surface area contributed by atoms with E-state index in [0.717, 1.165) is 5.56 Å². The molecule has 0 amide bonds. The Bertz CT molecular complexity index is 520. The van der Waals surface area contributed by atoms with Gasteiger partial charge >= 0.3 is 6.10 Å². The summed E-state index contributed by atoms with van der Waals surface area (Å²) < 4.78 is 16.1. The lowest BCUT2D eigenvalue weighted by atomic mass is 9.76. The lowest BCUT2D eigenvalue weighted by Crippen LogP contribution is -2.45. The van der Waals surface area contributed by atoms with Gasteiger partial charge in [-0.25, -0.2) is 0 Å². The zero-order chi connectivity index (χ0) is 13.0. The molecule has 1 aromatic carbocycles. The summed E-state index contributed by atoms with van der Waals surface area (Å²) in [5.41, 5.74) is 4.04. The summed E-state index contributed by atoms with van der Waals surface area (Å²) >= 11 is 0. The number of rotatable bonds is 2. The average molecular weight is 248 g/mol. The van der Waals surface area contributed by atoms with Crippen LogP contribution in [0.5, 0.6) is 0 Å². The Kier molecular flexibility index (Phi) is 2.35. The second kappa shape index (κ2) is 3.60. The van der Waals surface area contributed by atoms with E-state index in [1.165, 1.54) is 30.9 Å². The fraction of sp³-hybridized carbons (Fsp3) is 0.538. The Morgan fingerprint density at radius 1 is 1.17 bits per heavy atom. The Labute approximate surface area is 106 Å². The standard InChI is InChI=1S/C13H16N2O3/c1-8-5-9(2)11-10(6-8)7-12(11)14-15-13(16-3,17-4)18-12/h5-6H,7H2,1-4H3. The summed E-state index contributed by atoms with van der Waals surface area (Å²) in [6, 6.07) is 4.28. The van der Waals surface area contributed by atoms with E-state index in [9.17, 15) is 0 Å². The highest BCUT2D eigenvalue weighted by molar-refractivity contribution is 5.50. The number of aryl methyl sites for hydroxylation is 2. The van der Waals surface area contributed by atoms with E-state index in [1.807, 2.05) is 0 Å². The van der Waals surface area contributed by atoms with E-state index in [-0.39, 0.29) is 0 Å². The highest BCUT2D eigenvalue weighted by Gasteiger charge is 2.57. The van der Waals surface area contributed by atoms with Crippen molar-refractivity contribution in [2.75, 3.05) is 14.2 Å². The van der Waals surface area contributed by atoms with Crippen LogP contribution in [0.3, 0.4) is 0 Å². The molecule has 1 aliphatic carbocycles. The van der Waals surface area contributed by atoms with Crippen LogP contribution in [-0.2, 0) is 26.4 Å². The lowest BCUT2D eigenvalue weighted by molar-refractivity contribution is -0.376. The van der Waals surface area contributed by atoms with Crippen molar-refractivity contribution in [1.29, 1.82) is 0 Å². The van der Waals surface area contributed by atoms with Crippen molar-refractivity contribution in [3.8, 4) is 0 Å². The van der Waals surface area contributed by atoms with E-state index in [0.29, 0.717) is 6.42 Å². The van der Waals surface area contributed by atoms with Gasteiger partial charge in [0.1, 0.15) is 0 Å². The van der Waals surface area contributed by atoms with Crippen molar-refractivity contribution < 1.29 is 14.2 Å². The third kappa shape index (κ3) is 1.38. The fourth-order valence-corrected chi connectivity index (χ4v) is 2.81. The first kappa shape index (κ1) is 11.8. The molecule has 0 radical (unpaired) electrons. The molecule has 1 aliphatic heterocycles. The van der Waals surface area contributed by atoms with Crippen LogP contribution < -0.4 is 0 Å². The first-order valence-electron chi connectivity index (χ1n) is 5.89. The summed E-state index contributed by atoms with van der Waals surface area (Å²) in [6.07, 6.45) is -0.683. The molecule has 1 heterocycles. The van der Waals surface area contributed by atoms with Gasteiger partial charge in [-0.05, 0) is 25.0 Å². The molecule has 0 saturated carbocycles. The van der Waals surface area contributed by atoms with Gasteiger partial charge in [-0.15, -0.1) is 5.11 Å². The highest BCUT2D eigenvalue weighted by Crippen LogP contribution is 2.51. The molecule has 1 unspecified atom stereocenters. The Morgan fingerprint density at radius 2 is 1.89 bits per heavy atom. The monoisotopic (exact) mass is 248 g/mol. The third-order valence-electron chi connectivity index (χ3n) is 3.53. The number of hydrogen-bond acceptors (Lipinski definition) is 5. The van der Waals surface area contributed by atoms with Gasteiger partial charge < -0.3 is 9.47 Å². The maximum atomic E-state index is 5.84. The number of fused-ring (bicyclic) bond motifs is 2. The normalized spacial score (nSPS) is 27.3. The van der Waals surface area contributed by atoms with Gasteiger partial charge in [-0.1, -0.05) is 22.8 Å². The number of benzene rings is 1. The van der Waals surface area contributed by atoms with Crippen LogP contribution in [0.4, 0.5) is 0 Å². The van der Waals surface area contributed by atoms with Crippen LogP contribution in [0.1, 0.15) is 22.3 Å². The largest absolute Gasteiger partial charge is 0.415 e. The molecule has 1 aromatic rings. The smallest absolute Gasteiger partial charge is 0.310 e. The Hall–Kier alpha value is -1.30. The summed E-state index contributed by atoms with van der Waals surface area (Å²) in [6.45, 7) is 4.15. The molecular formula is C13H16N2O3. The van der Waals surface area contributed by atoms with Crippen LogP contribution in [0.2, 0.25) is 0 Å². The van der Waals surface area contributed by atoms with Crippen LogP contribution >= 0.6 is 0 Å². The molecule has 0 saturated heterocycles. The van der Waals surface area contributed by atoms with Gasteiger partial charge in [0, 0.05) is 26.2 Å². The Morgan fingerprint density at radius 3 is 2.44 bits per heavy atom. The predicted molar refractivity (Wildman–Crippen MR) is 64.0 cm³/mol. The van der Waals surface area contributed by atoms with Crippen LogP contribution in [0.15, 0.2) is 22.4 Å². The summed E-state index contributed by atoms with van der Waals surface area (Å²) in [4.78, 5) is 0. The second-order valence-electron chi connectivity index (χ2n) is 4.81. The van der Waals surface area contributed by atoms with E-state index in [2.05, 4.69) is 36.2 Å². The first-order chi connectivity index (χ1) is 8.54. The predicted octanol–water partition coefficient (Wildman–Crippen LogP) is 2.40. The van der Waals surface area contributed by atoms with Crippen LogP contribution in [0.25, 0.3) is 0 Å². The molecule has 1 atom stereocenters. The maximum absolute atomic E-state index is 5.84. The first-order valence-corrected chi connectivity index (χ1v) is 5.89. The van der Waals surface area contributed by atoms with Gasteiger partial charge in [-0.3, -0.25) is 4.74 Å². The van der Waals surface area contributed by atoms with Gasteiger partial charge in [0.15, 0.2) is 0 Å². The van der Waals surface area contributed by atoms with E-state index >= 15 is 0 Å². The highest BCUT2D eigenvalue weighted by atomic mass is 16.9. The molecule has 2 aliphatic rings. The number of ether oxygens (including phenoxy) is 3. The molecule has 18 heavy (non-hydrogen) atoms. The van der Waals surface area contributed by atoms with Crippen molar-refractivity contribution in [3.05, 3.63) is 34.4 Å². The van der Waals surface area contributed by atoms with Crippen molar-refractivity contribution in [2.24, 2.45) is 10.2 Å². The molecule has 0 N–H and O–H groups in total. The Balaban J connectivity index is 2.01. The topological polar surface area (TPSA) is 52.4 Å². The third-order valence-corrected chi connectivity index (χ3v) is 3.53. The van der Waals surface area contributed by atoms with Crippen molar-refractivity contribution in [1.82, 2.24) is 0 Å². The van der Waals surface area contributed by atoms with Crippen molar-refractivity contribution >= 4 is 0 Å². The van der Waals surface area contributed by atoms with Gasteiger partial charge in [0.25, 0.3) is 0 Å². The molecule has 1 spiro atoms. The summed E-state index contributed by atoms with van der Waals surface area (Å²) in [5, 5.41) is 8.25. The molecule has 0 fully saturated rings. The fourth-order valence-electron chi connectivity index (χ4n) is 2.81. The van der Waals surface area contributed by atoms with Gasteiger partial charge in [-0.2, -0.15) is 0 Å². The average Bonchev–Trinajstić information content (AvgIpc) is 2.69. The number of methoxy groups -OCH3 is 2. The molecular weight excluding hydrogens is 232 g/mol. The lowest BCUT2D eigenvalue weighted by Gasteiger charge is -2.39. The minimum absolute atomic E-state index is 0.711. The van der Waals surface area contributed by atoms with Crippen molar-refractivity contribution in [2.45, 2.75) is 32.1 Å². The van der Waals surface area contributed by atoms with E-state index in [4.69, 9.17) is 14.2 Å². The summed E-state index contributed by atoms with van der Waals surface area (Å²) in [7, 11) is 2.98.